The number of aromatic nitrogens is 1. The maximum Gasteiger partial charge on any atom is 0.257 e. The summed E-state index contributed by atoms with van der Waals surface area (Å²) in [7, 11) is 0. The van der Waals surface area contributed by atoms with Gasteiger partial charge >= 0.3 is 0 Å². The fourth-order valence-electron chi connectivity index (χ4n) is 2.77. The Kier molecular flexibility index (Phi) is 5.84. The molecule has 2 aromatic carbocycles. The van der Waals surface area contributed by atoms with Gasteiger partial charge in [-0.25, -0.2) is 0 Å². The van der Waals surface area contributed by atoms with Gasteiger partial charge < -0.3 is 10.6 Å². The Morgan fingerprint density at radius 1 is 0.857 bits per heavy atom. The monoisotopic (exact) mass is 373 g/mol. The molecule has 0 aliphatic carbocycles. The summed E-state index contributed by atoms with van der Waals surface area (Å²) in [5.41, 5.74) is 4.46. The molecule has 0 unspecified atom stereocenters. The van der Waals surface area contributed by atoms with Crippen LogP contribution >= 0.6 is 0 Å². The van der Waals surface area contributed by atoms with Gasteiger partial charge in [-0.1, -0.05) is 38.1 Å². The molecular formula is C23H23N3O2. The molecule has 0 bridgehead atoms. The van der Waals surface area contributed by atoms with Gasteiger partial charge in [-0.15, -0.1) is 0 Å². The van der Waals surface area contributed by atoms with Crippen LogP contribution in [0.5, 0.6) is 0 Å². The zero-order valence-electron chi connectivity index (χ0n) is 16.2. The third-order valence-electron chi connectivity index (χ3n) is 4.39. The number of anilines is 3. The van der Waals surface area contributed by atoms with Gasteiger partial charge in [0.2, 0.25) is 0 Å². The number of carbonyl (C=O) groups is 2. The summed E-state index contributed by atoms with van der Waals surface area (Å²) >= 11 is 0. The smallest absolute Gasteiger partial charge is 0.257 e. The Balaban J connectivity index is 1.72. The number of Topliss-reactive ketones (excluding diaryl/α,β-unsaturated/α-hetero) is 1. The van der Waals surface area contributed by atoms with Gasteiger partial charge in [0.05, 0.1) is 17.4 Å². The minimum Gasteiger partial charge on any atom is -0.354 e. The predicted octanol–water partition coefficient (Wildman–Crippen LogP) is 5.40. The SMILES string of the molecule is CC(=O)c1cccc(Nc2cncc(C(=O)Nc3ccc(C(C)C)cc3)c2)c1. The second kappa shape index (κ2) is 8.48. The fourth-order valence-corrected chi connectivity index (χ4v) is 2.77. The second-order valence-corrected chi connectivity index (χ2v) is 6.96. The van der Waals surface area contributed by atoms with Crippen molar-refractivity contribution < 1.29 is 9.59 Å². The van der Waals surface area contributed by atoms with E-state index in [1.807, 2.05) is 36.4 Å². The molecule has 3 aromatic rings. The number of benzene rings is 2. The van der Waals surface area contributed by atoms with Crippen molar-refractivity contribution in [1.82, 2.24) is 4.98 Å². The number of hydrogen-bond acceptors (Lipinski definition) is 4. The predicted molar refractivity (Wildman–Crippen MR) is 112 cm³/mol. The lowest BCUT2D eigenvalue weighted by molar-refractivity contribution is 0.101. The van der Waals surface area contributed by atoms with E-state index < -0.39 is 0 Å². The standard InChI is InChI=1S/C23H23N3O2/c1-15(2)17-7-9-20(10-8-17)26-23(28)19-12-22(14-24-13-19)25-21-6-4-5-18(11-21)16(3)27/h4-15,25H,1-3H3,(H,26,28). The molecule has 5 heteroatoms. The van der Waals surface area contributed by atoms with Crippen LogP contribution in [0, 0.1) is 0 Å². The first kappa shape index (κ1) is 19.3. The Labute approximate surface area is 164 Å². The largest absolute Gasteiger partial charge is 0.354 e. The van der Waals surface area contributed by atoms with Crippen molar-refractivity contribution in [3.63, 3.8) is 0 Å². The van der Waals surface area contributed by atoms with Crippen LogP contribution in [0.15, 0.2) is 67.0 Å². The van der Waals surface area contributed by atoms with Gasteiger partial charge in [0.25, 0.3) is 5.91 Å². The Morgan fingerprint density at radius 3 is 2.25 bits per heavy atom. The number of amides is 1. The van der Waals surface area contributed by atoms with Crippen LogP contribution in [-0.2, 0) is 0 Å². The Bertz CT molecular complexity index is 995. The molecular weight excluding hydrogens is 350 g/mol. The molecule has 1 amide bonds. The van der Waals surface area contributed by atoms with Gasteiger partial charge in [-0.05, 0) is 48.7 Å². The van der Waals surface area contributed by atoms with Crippen molar-refractivity contribution in [3.8, 4) is 0 Å². The maximum atomic E-state index is 12.6. The highest BCUT2D eigenvalue weighted by Gasteiger charge is 2.09. The van der Waals surface area contributed by atoms with E-state index in [-0.39, 0.29) is 11.7 Å². The summed E-state index contributed by atoms with van der Waals surface area (Å²) in [6.07, 6.45) is 3.16. The van der Waals surface area contributed by atoms with Crippen molar-refractivity contribution in [2.75, 3.05) is 10.6 Å². The molecule has 0 saturated heterocycles. The van der Waals surface area contributed by atoms with E-state index in [0.717, 1.165) is 11.4 Å². The van der Waals surface area contributed by atoms with Gasteiger partial charge in [-0.3, -0.25) is 14.6 Å². The zero-order valence-corrected chi connectivity index (χ0v) is 16.2. The Hall–Kier alpha value is -3.47. The quantitative estimate of drug-likeness (QED) is 0.567. The lowest BCUT2D eigenvalue weighted by Gasteiger charge is -2.10. The first-order valence-corrected chi connectivity index (χ1v) is 9.17. The molecule has 0 atom stereocenters. The third kappa shape index (κ3) is 4.82. The first-order chi connectivity index (χ1) is 13.4. The fraction of sp³-hybridized carbons (Fsp3) is 0.174. The van der Waals surface area contributed by atoms with Gasteiger partial charge in [0.1, 0.15) is 0 Å². The molecule has 142 valence electrons. The lowest BCUT2D eigenvalue weighted by atomic mass is 10.0. The molecule has 0 fully saturated rings. The highest BCUT2D eigenvalue weighted by atomic mass is 16.1. The van der Waals surface area contributed by atoms with Gasteiger partial charge in [0, 0.05) is 23.1 Å². The van der Waals surface area contributed by atoms with Crippen molar-refractivity contribution >= 4 is 28.8 Å². The molecule has 1 aromatic heterocycles. The number of pyridine rings is 1. The van der Waals surface area contributed by atoms with Crippen LogP contribution < -0.4 is 10.6 Å². The van der Waals surface area contributed by atoms with Crippen LogP contribution in [0.1, 0.15) is 53.0 Å². The molecule has 3 rings (SSSR count). The van der Waals surface area contributed by atoms with Gasteiger partial charge in [0.15, 0.2) is 5.78 Å². The molecule has 0 saturated carbocycles. The molecule has 0 spiro atoms. The number of nitrogens with zero attached hydrogens (tertiary/aromatic N) is 1. The number of hydrogen-bond donors (Lipinski definition) is 2. The summed E-state index contributed by atoms with van der Waals surface area (Å²) in [5.74, 6) is 0.211. The van der Waals surface area contributed by atoms with Crippen molar-refractivity contribution in [2.45, 2.75) is 26.7 Å². The summed E-state index contributed by atoms with van der Waals surface area (Å²) < 4.78 is 0. The number of rotatable bonds is 6. The van der Waals surface area contributed by atoms with Gasteiger partial charge in [-0.2, -0.15) is 0 Å². The first-order valence-electron chi connectivity index (χ1n) is 9.17. The second-order valence-electron chi connectivity index (χ2n) is 6.96. The van der Waals surface area contributed by atoms with Crippen LogP contribution in [0.4, 0.5) is 17.1 Å². The molecule has 1 heterocycles. The van der Waals surface area contributed by atoms with E-state index >= 15 is 0 Å². The highest BCUT2D eigenvalue weighted by Crippen LogP contribution is 2.20. The van der Waals surface area contributed by atoms with E-state index in [2.05, 4.69) is 29.5 Å². The summed E-state index contributed by atoms with van der Waals surface area (Å²) in [6, 6.07) is 16.7. The minimum absolute atomic E-state index is 0.00149. The summed E-state index contributed by atoms with van der Waals surface area (Å²) in [5, 5.41) is 6.07. The van der Waals surface area contributed by atoms with Crippen LogP contribution in [0.25, 0.3) is 0 Å². The third-order valence-corrected chi connectivity index (χ3v) is 4.39. The average Bonchev–Trinajstić information content (AvgIpc) is 2.69. The average molecular weight is 373 g/mol. The lowest BCUT2D eigenvalue weighted by Crippen LogP contribution is -2.12. The van der Waals surface area contributed by atoms with E-state index in [9.17, 15) is 9.59 Å². The number of carbonyl (C=O) groups excluding carboxylic acids is 2. The molecule has 28 heavy (non-hydrogen) atoms. The van der Waals surface area contributed by atoms with E-state index in [0.29, 0.717) is 22.7 Å². The summed E-state index contributed by atoms with van der Waals surface area (Å²) in [6.45, 7) is 5.78. The van der Waals surface area contributed by atoms with E-state index in [4.69, 9.17) is 0 Å². The van der Waals surface area contributed by atoms with E-state index in [1.165, 1.54) is 18.7 Å². The van der Waals surface area contributed by atoms with Crippen LogP contribution in [0.2, 0.25) is 0 Å². The molecule has 5 nitrogen and oxygen atoms in total. The number of nitrogens with one attached hydrogen (secondary N) is 2. The number of ketones is 1. The molecule has 2 N–H and O–H groups in total. The highest BCUT2D eigenvalue weighted by molar-refractivity contribution is 6.04. The van der Waals surface area contributed by atoms with E-state index in [1.54, 1.807) is 24.4 Å². The molecule has 0 radical (unpaired) electrons. The topological polar surface area (TPSA) is 71.1 Å². The normalized spacial score (nSPS) is 10.6. The minimum atomic E-state index is -0.231. The molecule has 0 aliphatic heterocycles. The summed E-state index contributed by atoms with van der Waals surface area (Å²) in [4.78, 5) is 28.2. The molecule has 0 aliphatic rings. The van der Waals surface area contributed by atoms with Crippen molar-refractivity contribution in [3.05, 3.63) is 83.7 Å². The van der Waals surface area contributed by atoms with Crippen molar-refractivity contribution in [1.29, 1.82) is 0 Å². The maximum absolute atomic E-state index is 12.6. The zero-order chi connectivity index (χ0) is 20.1. The Morgan fingerprint density at radius 2 is 1.57 bits per heavy atom. The van der Waals surface area contributed by atoms with Crippen molar-refractivity contribution in [2.24, 2.45) is 0 Å². The van der Waals surface area contributed by atoms with Crippen LogP contribution in [-0.4, -0.2) is 16.7 Å². The van der Waals surface area contributed by atoms with Crippen LogP contribution in [0.3, 0.4) is 0 Å².